The predicted molar refractivity (Wildman–Crippen MR) is 107 cm³/mol. The minimum atomic E-state index is -0.365. The van der Waals surface area contributed by atoms with Crippen LogP contribution in [0.15, 0.2) is 42.5 Å². The van der Waals surface area contributed by atoms with Crippen molar-refractivity contribution < 1.29 is 13.9 Å². The zero-order valence-corrected chi connectivity index (χ0v) is 15.5. The number of carbonyl (C=O) groups excluding carboxylic acids is 1. The number of ether oxygens (including phenoxy) is 1. The smallest absolute Gasteiger partial charge is 0.257 e. The van der Waals surface area contributed by atoms with E-state index in [4.69, 9.17) is 17.0 Å². The number of halogens is 1. The summed E-state index contributed by atoms with van der Waals surface area (Å²) < 4.78 is 18.8. The lowest BCUT2D eigenvalue weighted by Gasteiger charge is -2.09. The molecule has 6 nitrogen and oxygen atoms in total. The maximum Gasteiger partial charge on any atom is 0.257 e. The van der Waals surface area contributed by atoms with Crippen molar-refractivity contribution in [2.75, 3.05) is 11.9 Å². The molecular weight excluding hydrogens is 367 g/mol. The van der Waals surface area contributed by atoms with E-state index in [1.54, 1.807) is 30.3 Å². The second-order valence-corrected chi connectivity index (χ2v) is 6.31. The summed E-state index contributed by atoms with van der Waals surface area (Å²) in [5, 5.41) is 13.0. The number of unbranched alkanes of at least 4 members (excludes halogenated alkanes) is 1. The van der Waals surface area contributed by atoms with Gasteiger partial charge in [-0.25, -0.2) is 4.39 Å². The Kier molecular flexibility index (Phi) is 5.97. The standard InChI is InChI=1S/C19H19FN4O2S/c1-2-3-10-26-14-7-4-12(5-8-14)18(25)22-19(27)21-17-15-9-6-13(20)11-16(15)23-24-17/h4-9,11H,2-3,10H2,1H3,(H3,21,22,23,24,25,27). The van der Waals surface area contributed by atoms with Crippen LogP contribution in [-0.4, -0.2) is 27.8 Å². The van der Waals surface area contributed by atoms with E-state index in [0.29, 0.717) is 28.9 Å². The largest absolute Gasteiger partial charge is 0.494 e. The van der Waals surface area contributed by atoms with Gasteiger partial charge in [0.2, 0.25) is 0 Å². The molecule has 0 aliphatic rings. The zero-order chi connectivity index (χ0) is 19.2. The van der Waals surface area contributed by atoms with Gasteiger partial charge in [-0.15, -0.1) is 0 Å². The SMILES string of the molecule is CCCCOc1ccc(C(=O)NC(=S)Nc2n[nH]c3cc(F)ccc23)cc1. The van der Waals surface area contributed by atoms with Crippen molar-refractivity contribution in [3.05, 3.63) is 53.8 Å². The monoisotopic (exact) mass is 386 g/mol. The maximum atomic E-state index is 13.2. The first-order valence-electron chi connectivity index (χ1n) is 8.55. The van der Waals surface area contributed by atoms with Gasteiger partial charge in [-0.1, -0.05) is 13.3 Å². The van der Waals surface area contributed by atoms with E-state index in [1.807, 2.05) is 0 Å². The van der Waals surface area contributed by atoms with Crippen molar-refractivity contribution in [2.45, 2.75) is 19.8 Å². The molecular formula is C19H19FN4O2S. The molecule has 0 spiro atoms. The van der Waals surface area contributed by atoms with Crippen molar-refractivity contribution in [3.63, 3.8) is 0 Å². The predicted octanol–water partition coefficient (Wildman–Crippen LogP) is 4.01. The van der Waals surface area contributed by atoms with Crippen LogP contribution in [0.25, 0.3) is 10.9 Å². The molecule has 1 amide bonds. The second-order valence-electron chi connectivity index (χ2n) is 5.90. The van der Waals surface area contributed by atoms with Crippen LogP contribution >= 0.6 is 12.2 Å². The Labute approximate surface area is 161 Å². The van der Waals surface area contributed by atoms with Gasteiger partial charge >= 0.3 is 0 Å². The first-order valence-corrected chi connectivity index (χ1v) is 8.96. The topological polar surface area (TPSA) is 79.0 Å². The van der Waals surface area contributed by atoms with E-state index in [1.165, 1.54) is 12.1 Å². The molecule has 3 aromatic rings. The van der Waals surface area contributed by atoms with Gasteiger partial charge in [0.05, 0.1) is 12.1 Å². The zero-order valence-electron chi connectivity index (χ0n) is 14.7. The third-order valence-electron chi connectivity index (χ3n) is 3.87. The number of thiocarbonyl (C=S) groups is 1. The number of hydrogen-bond donors (Lipinski definition) is 3. The Morgan fingerprint density at radius 1 is 1.26 bits per heavy atom. The number of rotatable bonds is 6. The number of fused-ring (bicyclic) bond motifs is 1. The van der Waals surface area contributed by atoms with Crippen LogP contribution in [0.1, 0.15) is 30.1 Å². The lowest BCUT2D eigenvalue weighted by atomic mass is 10.2. The minimum Gasteiger partial charge on any atom is -0.494 e. The number of H-pyrrole nitrogens is 1. The molecule has 0 aliphatic heterocycles. The van der Waals surface area contributed by atoms with Gasteiger partial charge in [-0.05, 0) is 61.1 Å². The highest BCUT2D eigenvalue weighted by Crippen LogP contribution is 2.21. The fourth-order valence-electron chi connectivity index (χ4n) is 2.44. The number of benzene rings is 2. The average molecular weight is 386 g/mol. The van der Waals surface area contributed by atoms with Crippen LogP contribution in [0.5, 0.6) is 5.75 Å². The van der Waals surface area contributed by atoms with Crippen LogP contribution in [0.4, 0.5) is 10.2 Å². The number of aromatic amines is 1. The van der Waals surface area contributed by atoms with Crippen LogP contribution < -0.4 is 15.4 Å². The third-order valence-corrected chi connectivity index (χ3v) is 4.07. The molecule has 0 radical (unpaired) electrons. The fraction of sp³-hybridized carbons (Fsp3) is 0.211. The molecule has 0 unspecified atom stereocenters. The molecule has 2 aromatic carbocycles. The number of nitrogens with one attached hydrogen (secondary N) is 3. The van der Waals surface area contributed by atoms with E-state index in [9.17, 15) is 9.18 Å². The Bertz CT molecular complexity index is 956. The van der Waals surface area contributed by atoms with E-state index in [-0.39, 0.29) is 16.8 Å². The first-order chi connectivity index (χ1) is 13.1. The number of carbonyl (C=O) groups is 1. The van der Waals surface area contributed by atoms with Gasteiger partial charge in [0.1, 0.15) is 11.6 Å². The molecule has 1 heterocycles. The number of amides is 1. The third kappa shape index (κ3) is 4.79. The van der Waals surface area contributed by atoms with Crippen LogP contribution in [0.2, 0.25) is 0 Å². The number of aromatic nitrogens is 2. The molecule has 1 aromatic heterocycles. The van der Waals surface area contributed by atoms with Crippen LogP contribution in [0.3, 0.4) is 0 Å². The van der Waals surface area contributed by atoms with Gasteiger partial charge in [-0.2, -0.15) is 5.10 Å². The molecule has 8 heteroatoms. The molecule has 27 heavy (non-hydrogen) atoms. The summed E-state index contributed by atoms with van der Waals surface area (Å²) in [5.41, 5.74) is 0.987. The average Bonchev–Trinajstić information content (AvgIpc) is 3.04. The minimum absolute atomic E-state index is 0.0981. The number of anilines is 1. The van der Waals surface area contributed by atoms with Gasteiger partial charge in [0.15, 0.2) is 10.9 Å². The van der Waals surface area contributed by atoms with Crippen molar-refractivity contribution in [1.82, 2.24) is 15.5 Å². The molecule has 0 bridgehead atoms. The summed E-state index contributed by atoms with van der Waals surface area (Å²) in [6.07, 6.45) is 2.04. The highest BCUT2D eigenvalue weighted by Gasteiger charge is 2.11. The summed E-state index contributed by atoms with van der Waals surface area (Å²) in [6.45, 7) is 2.75. The van der Waals surface area contributed by atoms with E-state index < -0.39 is 0 Å². The quantitative estimate of drug-likeness (QED) is 0.441. The lowest BCUT2D eigenvalue weighted by molar-refractivity contribution is 0.0977. The van der Waals surface area contributed by atoms with Gasteiger partial charge < -0.3 is 10.1 Å². The Balaban J connectivity index is 1.59. The normalized spacial score (nSPS) is 10.6. The fourth-order valence-corrected chi connectivity index (χ4v) is 2.63. The maximum absolute atomic E-state index is 13.2. The Morgan fingerprint density at radius 3 is 2.78 bits per heavy atom. The van der Waals surface area contributed by atoms with Crippen molar-refractivity contribution >= 4 is 40.0 Å². The second kappa shape index (κ2) is 8.59. The van der Waals surface area contributed by atoms with Crippen LogP contribution in [0, 0.1) is 5.82 Å². The first kappa shape index (κ1) is 18.8. The van der Waals surface area contributed by atoms with Crippen LogP contribution in [-0.2, 0) is 0 Å². The summed E-state index contributed by atoms with van der Waals surface area (Å²) in [4.78, 5) is 12.3. The lowest BCUT2D eigenvalue weighted by Crippen LogP contribution is -2.34. The Morgan fingerprint density at radius 2 is 2.04 bits per heavy atom. The number of nitrogens with zero attached hydrogens (tertiary/aromatic N) is 1. The van der Waals surface area contributed by atoms with Crippen molar-refractivity contribution in [3.8, 4) is 5.75 Å². The highest BCUT2D eigenvalue weighted by atomic mass is 32.1. The van der Waals surface area contributed by atoms with E-state index >= 15 is 0 Å². The molecule has 0 saturated heterocycles. The summed E-state index contributed by atoms with van der Waals surface area (Å²) in [6, 6.07) is 11.1. The van der Waals surface area contributed by atoms with Crippen molar-refractivity contribution in [2.24, 2.45) is 0 Å². The van der Waals surface area contributed by atoms with E-state index in [2.05, 4.69) is 27.8 Å². The highest BCUT2D eigenvalue weighted by molar-refractivity contribution is 7.80. The van der Waals surface area contributed by atoms with Crippen molar-refractivity contribution in [1.29, 1.82) is 0 Å². The molecule has 140 valence electrons. The summed E-state index contributed by atoms with van der Waals surface area (Å²) in [5.74, 6) is 0.417. The van der Waals surface area contributed by atoms with Gasteiger partial charge in [-0.3, -0.25) is 15.2 Å². The van der Waals surface area contributed by atoms with E-state index in [0.717, 1.165) is 18.6 Å². The number of hydrogen-bond acceptors (Lipinski definition) is 4. The Hall–Kier alpha value is -3.00. The van der Waals surface area contributed by atoms with Gasteiger partial charge in [0.25, 0.3) is 5.91 Å². The van der Waals surface area contributed by atoms with Gasteiger partial charge in [0, 0.05) is 10.9 Å². The molecule has 3 rings (SSSR count). The molecule has 0 aliphatic carbocycles. The summed E-state index contributed by atoms with van der Waals surface area (Å²) >= 11 is 5.17. The summed E-state index contributed by atoms with van der Waals surface area (Å²) in [7, 11) is 0. The molecule has 0 atom stereocenters. The molecule has 0 fully saturated rings. The molecule has 0 saturated carbocycles. The molecule has 3 N–H and O–H groups in total.